The molecule has 0 aliphatic rings. The number of ether oxygens (including phenoxy) is 1. The van der Waals surface area contributed by atoms with E-state index in [1.165, 1.54) is 6.33 Å². The molecule has 0 spiro atoms. The Hall–Kier alpha value is -3.99. The molecule has 5 aromatic rings. The van der Waals surface area contributed by atoms with Crippen molar-refractivity contribution in [1.29, 1.82) is 0 Å². The normalized spacial score (nSPS) is 10.9. The standard InChI is InChI=1S/C23H16N4O/c1-2-8-22(27-12-3-4-13-27)19(7-1)21-15-23(26-16-25-21)28-18-10-9-17-6-5-11-24-20(17)14-18/h1-16H. The molecule has 0 fully saturated rings. The van der Waals surface area contributed by atoms with E-state index in [-0.39, 0.29) is 0 Å². The van der Waals surface area contributed by atoms with Crippen LogP contribution in [-0.2, 0) is 0 Å². The Morgan fingerprint density at radius 1 is 0.750 bits per heavy atom. The number of hydrogen-bond donors (Lipinski definition) is 0. The zero-order valence-electron chi connectivity index (χ0n) is 14.9. The molecule has 0 amide bonds. The summed E-state index contributed by atoms with van der Waals surface area (Å²) in [7, 11) is 0. The zero-order valence-corrected chi connectivity index (χ0v) is 14.9. The van der Waals surface area contributed by atoms with Crippen molar-refractivity contribution < 1.29 is 4.74 Å². The number of benzene rings is 2. The summed E-state index contributed by atoms with van der Waals surface area (Å²) in [5, 5.41) is 1.07. The van der Waals surface area contributed by atoms with E-state index in [9.17, 15) is 0 Å². The van der Waals surface area contributed by atoms with Gasteiger partial charge in [-0.3, -0.25) is 4.98 Å². The highest BCUT2D eigenvalue weighted by Gasteiger charge is 2.10. The molecule has 0 radical (unpaired) electrons. The van der Waals surface area contributed by atoms with Gasteiger partial charge in [0.25, 0.3) is 0 Å². The number of para-hydroxylation sites is 1. The molecule has 3 heterocycles. The Balaban J connectivity index is 1.50. The minimum atomic E-state index is 0.489. The summed E-state index contributed by atoms with van der Waals surface area (Å²) in [4.78, 5) is 13.1. The molecule has 2 aromatic carbocycles. The lowest BCUT2D eigenvalue weighted by atomic mass is 10.1. The molecule has 5 rings (SSSR count). The van der Waals surface area contributed by atoms with E-state index in [2.05, 4.69) is 25.6 Å². The number of nitrogens with zero attached hydrogens (tertiary/aromatic N) is 4. The third kappa shape index (κ3) is 3.10. The van der Waals surface area contributed by atoms with Gasteiger partial charge in [-0.1, -0.05) is 24.3 Å². The van der Waals surface area contributed by atoms with Gasteiger partial charge in [0, 0.05) is 41.7 Å². The van der Waals surface area contributed by atoms with Gasteiger partial charge in [-0.25, -0.2) is 9.97 Å². The van der Waals surface area contributed by atoms with Crippen LogP contribution in [0.2, 0.25) is 0 Å². The summed E-state index contributed by atoms with van der Waals surface area (Å²) in [6, 6.07) is 23.7. The Bertz CT molecular complexity index is 1250. The highest BCUT2D eigenvalue weighted by molar-refractivity contribution is 5.79. The van der Waals surface area contributed by atoms with Gasteiger partial charge in [0.1, 0.15) is 12.1 Å². The molecular formula is C23H16N4O. The topological polar surface area (TPSA) is 52.8 Å². The van der Waals surface area contributed by atoms with Gasteiger partial charge >= 0.3 is 0 Å². The van der Waals surface area contributed by atoms with Crippen molar-refractivity contribution in [3.8, 4) is 28.6 Å². The molecule has 0 unspecified atom stereocenters. The van der Waals surface area contributed by atoms with Crippen LogP contribution in [0, 0.1) is 0 Å². The van der Waals surface area contributed by atoms with Gasteiger partial charge in [0.15, 0.2) is 0 Å². The van der Waals surface area contributed by atoms with E-state index in [4.69, 9.17) is 4.74 Å². The van der Waals surface area contributed by atoms with Crippen molar-refractivity contribution in [2.24, 2.45) is 0 Å². The minimum Gasteiger partial charge on any atom is -0.439 e. The first-order valence-corrected chi connectivity index (χ1v) is 8.94. The van der Waals surface area contributed by atoms with Gasteiger partial charge in [0.2, 0.25) is 5.88 Å². The monoisotopic (exact) mass is 364 g/mol. The Morgan fingerprint density at radius 3 is 2.57 bits per heavy atom. The van der Waals surface area contributed by atoms with Crippen molar-refractivity contribution in [2.75, 3.05) is 0 Å². The second-order valence-corrected chi connectivity index (χ2v) is 6.31. The molecule has 0 saturated heterocycles. The van der Waals surface area contributed by atoms with Gasteiger partial charge in [0.05, 0.1) is 16.9 Å². The van der Waals surface area contributed by atoms with Crippen molar-refractivity contribution in [3.63, 3.8) is 0 Å². The second kappa shape index (κ2) is 6.96. The quantitative estimate of drug-likeness (QED) is 0.436. The van der Waals surface area contributed by atoms with E-state index in [1.807, 2.05) is 79.1 Å². The molecule has 0 atom stereocenters. The summed E-state index contributed by atoms with van der Waals surface area (Å²) < 4.78 is 8.04. The maximum absolute atomic E-state index is 5.98. The van der Waals surface area contributed by atoms with E-state index in [1.54, 1.807) is 6.20 Å². The number of pyridine rings is 1. The van der Waals surface area contributed by atoms with E-state index in [0.29, 0.717) is 11.6 Å². The van der Waals surface area contributed by atoms with Crippen LogP contribution in [0.5, 0.6) is 11.6 Å². The van der Waals surface area contributed by atoms with Gasteiger partial charge in [-0.15, -0.1) is 0 Å². The lowest BCUT2D eigenvalue weighted by Crippen LogP contribution is -1.96. The summed E-state index contributed by atoms with van der Waals surface area (Å²) >= 11 is 0. The predicted octanol–water partition coefficient (Wildman–Crippen LogP) is 5.27. The highest BCUT2D eigenvalue weighted by atomic mass is 16.5. The Kier molecular flexibility index (Phi) is 4.03. The second-order valence-electron chi connectivity index (χ2n) is 6.31. The van der Waals surface area contributed by atoms with Crippen molar-refractivity contribution in [1.82, 2.24) is 19.5 Å². The van der Waals surface area contributed by atoms with E-state index in [0.717, 1.165) is 27.8 Å². The van der Waals surface area contributed by atoms with Crippen LogP contribution in [-0.4, -0.2) is 19.5 Å². The van der Waals surface area contributed by atoms with Crippen molar-refractivity contribution in [2.45, 2.75) is 0 Å². The van der Waals surface area contributed by atoms with Gasteiger partial charge in [-0.05, 0) is 36.4 Å². The lowest BCUT2D eigenvalue weighted by Gasteiger charge is -2.11. The van der Waals surface area contributed by atoms with Crippen molar-refractivity contribution in [3.05, 3.63) is 97.7 Å². The molecule has 3 aromatic heterocycles. The molecule has 0 saturated carbocycles. The fourth-order valence-electron chi connectivity index (χ4n) is 3.18. The van der Waals surface area contributed by atoms with Crippen LogP contribution in [0.15, 0.2) is 97.7 Å². The van der Waals surface area contributed by atoms with Crippen LogP contribution >= 0.6 is 0 Å². The summed E-state index contributed by atoms with van der Waals surface area (Å²) in [5.41, 5.74) is 3.73. The number of rotatable bonds is 4. The average molecular weight is 364 g/mol. The highest BCUT2D eigenvalue weighted by Crippen LogP contribution is 2.29. The first-order chi connectivity index (χ1) is 13.9. The van der Waals surface area contributed by atoms with Crippen LogP contribution < -0.4 is 4.74 Å². The molecule has 0 aliphatic heterocycles. The molecule has 5 heteroatoms. The van der Waals surface area contributed by atoms with E-state index >= 15 is 0 Å². The lowest BCUT2D eigenvalue weighted by molar-refractivity contribution is 0.462. The molecule has 0 N–H and O–H groups in total. The first-order valence-electron chi connectivity index (χ1n) is 8.94. The number of aromatic nitrogens is 4. The Labute approximate surface area is 161 Å². The molecular weight excluding hydrogens is 348 g/mol. The maximum Gasteiger partial charge on any atom is 0.222 e. The molecule has 134 valence electrons. The average Bonchev–Trinajstić information content (AvgIpc) is 3.29. The maximum atomic E-state index is 5.98. The Morgan fingerprint density at radius 2 is 1.64 bits per heavy atom. The van der Waals surface area contributed by atoms with Gasteiger partial charge in [-0.2, -0.15) is 0 Å². The predicted molar refractivity (Wildman–Crippen MR) is 109 cm³/mol. The third-order valence-electron chi connectivity index (χ3n) is 4.50. The summed E-state index contributed by atoms with van der Waals surface area (Å²) in [6.07, 6.45) is 7.32. The first kappa shape index (κ1) is 16.2. The third-order valence-corrected chi connectivity index (χ3v) is 4.50. The smallest absolute Gasteiger partial charge is 0.222 e. The summed E-state index contributed by atoms with van der Waals surface area (Å²) in [6.45, 7) is 0. The van der Waals surface area contributed by atoms with E-state index < -0.39 is 0 Å². The largest absolute Gasteiger partial charge is 0.439 e. The molecule has 5 nitrogen and oxygen atoms in total. The zero-order chi connectivity index (χ0) is 18.8. The SMILES string of the molecule is c1ccc(-n2cccc2)c(-c2cc(Oc3ccc4cccnc4c3)ncn2)c1. The minimum absolute atomic E-state index is 0.489. The molecule has 0 aliphatic carbocycles. The van der Waals surface area contributed by atoms with Crippen LogP contribution in [0.3, 0.4) is 0 Å². The van der Waals surface area contributed by atoms with Crippen molar-refractivity contribution >= 4 is 10.9 Å². The van der Waals surface area contributed by atoms with Crippen LogP contribution in [0.25, 0.3) is 27.8 Å². The molecule has 28 heavy (non-hydrogen) atoms. The number of fused-ring (bicyclic) bond motifs is 1. The van der Waals surface area contributed by atoms with Crippen LogP contribution in [0.1, 0.15) is 0 Å². The molecule has 0 bridgehead atoms. The fourth-order valence-corrected chi connectivity index (χ4v) is 3.18. The number of hydrogen-bond acceptors (Lipinski definition) is 4. The van der Waals surface area contributed by atoms with Gasteiger partial charge < -0.3 is 9.30 Å². The summed E-state index contributed by atoms with van der Waals surface area (Å²) in [5.74, 6) is 1.18. The fraction of sp³-hybridized carbons (Fsp3) is 0. The van der Waals surface area contributed by atoms with Crippen LogP contribution in [0.4, 0.5) is 0 Å².